The van der Waals surface area contributed by atoms with Gasteiger partial charge >= 0.3 is 0 Å². The summed E-state index contributed by atoms with van der Waals surface area (Å²) in [4.78, 5) is 17.9. The van der Waals surface area contributed by atoms with Crippen LogP contribution in [0.3, 0.4) is 0 Å². The molecule has 1 aliphatic heterocycles. The highest BCUT2D eigenvalue weighted by Gasteiger charge is 2.19. The van der Waals surface area contributed by atoms with Crippen LogP contribution in [0.4, 0.5) is 5.69 Å². The number of imidazole rings is 1. The Kier molecular flexibility index (Phi) is 6.95. The first-order chi connectivity index (χ1) is 17.2. The van der Waals surface area contributed by atoms with E-state index in [0.29, 0.717) is 23.9 Å². The van der Waals surface area contributed by atoms with Gasteiger partial charge in [0, 0.05) is 6.61 Å². The number of carbonyl (C=O) groups is 1. The molecule has 0 bridgehead atoms. The maximum Gasteiger partial charge on any atom is 0.244 e. The number of hydrogen-bond donors (Lipinski definition) is 1. The molecule has 180 valence electrons. The average Bonchev–Trinajstić information content (AvgIpc) is 3.52. The number of rotatable bonds is 9. The van der Waals surface area contributed by atoms with E-state index in [4.69, 9.17) is 19.2 Å². The number of amides is 1. The van der Waals surface area contributed by atoms with E-state index in [9.17, 15) is 4.79 Å². The van der Waals surface area contributed by atoms with Crippen LogP contribution in [0.15, 0.2) is 72.8 Å². The fourth-order valence-electron chi connectivity index (χ4n) is 4.22. The second-order valence-electron chi connectivity index (χ2n) is 8.70. The van der Waals surface area contributed by atoms with Gasteiger partial charge in [-0.15, -0.1) is 0 Å². The molecule has 7 nitrogen and oxygen atoms in total. The second kappa shape index (κ2) is 10.6. The number of aromatic nitrogens is 2. The molecule has 5 rings (SSSR count). The highest BCUT2D eigenvalue weighted by atomic mass is 16.5. The van der Waals surface area contributed by atoms with Gasteiger partial charge in [0.05, 0.1) is 22.8 Å². The lowest BCUT2D eigenvalue weighted by Crippen LogP contribution is -2.22. The number of carbonyl (C=O) groups excluding carboxylic acids is 1. The number of fused-ring (bicyclic) bond motifs is 1. The van der Waals surface area contributed by atoms with Crippen molar-refractivity contribution in [2.45, 2.75) is 39.0 Å². The fourth-order valence-corrected chi connectivity index (χ4v) is 4.22. The van der Waals surface area contributed by atoms with E-state index in [-0.39, 0.29) is 25.2 Å². The Bertz CT molecular complexity index is 1300. The third kappa shape index (κ3) is 5.63. The molecule has 1 unspecified atom stereocenters. The summed E-state index contributed by atoms with van der Waals surface area (Å²) in [7, 11) is 0. The lowest BCUT2D eigenvalue weighted by molar-refractivity contribution is -0.116. The largest absolute Gasteiger partial charge is 0.489 e. The van der Waals surface area contributed by atoms with E-state index < -0.39 is 0 Å². The zero-order valence-electron chi connectivity index (χ0n) is 19.8. The maximum absolute atomic E-state index is 13.2. The van der Waals surface area contributed by atoms with Gasteiger partial charge in [-0.1, -0.05) is 36.4 Å². The highest BCUT2D eigenvalue weighted by molar-refractivity contribution is 5.93. The molecule has 4 aromatic rings. The molecule has 1 fully saturated rings. The van der Waals surface area contributed by atoms with Crippen LogP contribution in [-0.4, -0.2) is 34.8 Å². The molecule has 7 heteroatoms. The minimum absolute atomic E-state index is 0.101. The summed E-state index contributed by atoms with van der Waals surface area (Å²) >= 11 is 0. The SMILES string of the molecule is Cc1ccc(NC(=O)Cn2c(COc3ccccc3)nc3ccccc32)c(OCC2CCCO2)c1. The van der Waals surface area contributed by atoms with E-state index in [2.05, 4.69) is 5.32 Å². The molecule has 0 radical (unpaired) electrons. The number of benzene rings is 3. The van der Waals surface area contributed by atoms with Crippen LogP contribution in [0.25, 0.3) is 11.0 Å². The summed E-state index contributed by atoms with van der Waals surface area (Å²) in [6.45, 7) is 3.61. The molecular formula is C28H29N3O4. The van der Waals surface area contributed by atoms with E-state index >= 15 is 0 Å². The van der Waals surface area contributed by atoms with Crippen molar-refractivity contribution in [3.63, 3.8) is 0 Å². The van der Waals surface area contributed by atoms with Crippen molar-refractivity contribution in [1.29, 1.82) is 0 Å². The fraction of sp³-hybridized carbons (Fsp3) is 0.286. The van der Waals surface area contributed by atoms with E-state index in [1.54, 1.807) is 0 Å². The van der Waals surface area contributed by atoms with Crippen LogP contribution < -0.4 is 14.8 Å². The predicted octanol–water partition coefficient (Wildman–Crippen LogP) is 5.12. The number of aryl methyl sites for hydroxylation is 1. The number of hydrogen-bond acceptors (Lipinski definition) is 5. The number of anilines is 1. The molecule has 35 heavy (non-hydrogen) atoms. The summed E-state index contributed by atoms with van der Waals surface area (Å²) in [5.74, 6) is 1.92. The third-order valence-electron chi connectivity index (χ3n) is 6.01. The van der Waals surface area contributed by atoms with Crippen LogP contribution in [-0.2, 0) is 22.7 Å². The summed E-state index contributed by atoms with van der Waals surface area (Å²) in [6, 6.07) is 23.1. The van der Waals surface area contributed by atoms with Crippen LogP contribution in [0.1, 0.15) is 24.2 Å². The minimum atomic E-state index is -0.167. The Morgan fingerprint density at radius 1 is 1.09 bits per heavy atom. The second-order valence-corrected chi connectivity index (χ2v) is 8.70. The van der Waals surface area contributed by atoms with Gasteiger partial charge in [0.25, 0.3) is 0 Å². The molecule has 0 aliphatic carbocycles. The first kappa shape index (κ1) is 22.9. The number of nitrogens with one attached hydrogen (secondary N) is 1. The molecule has 1 N–H and O–H groups in total. The van der Waals surface area contributed by atoms with Crippen molar-refractivity contribution in [2.75, 3.05) is 18.5 Å². The molecule has 1 atom stereocenters. The minimum Gasteiger partial charge on any atom is -0.489 e. The Labute approximate surface area is 204 Å². The van der Waals surface area contributed by atoms with Gasteiger partial charge in [-0.3, -0.25) is 4.79 Å². The standard InChI is InChI=1S/C28H29N3O4/c1-20-13-14-24(26(16-20)35-18-22-10-7-15-33-22)30-28(32)17-31-25-12-6-5-11-23(25)29-27(31)19-34-21-8-3-2-4-9-21/h2-6,8-9,11-14,16,22H,7,10,15,17-19H2,1H3,(H,30,32). The van der Waals surface area contributed by atoms with Gasteiger partial charge in [-0.2, -0.15) is 0 Å². The van der Waals surface area contributed by atoms with Gasteiger partial charge < -0.3 is 24.1 Å². The molecule has 2 heterocycles. The summed E-state index contributed by atoms with van der Waals surface area (Å²) in [6.07, 6.45) is 2.15. The van der Waals surface area contributed by atoms with Crippen LogP contribution >= 0.6 is 0 Å². The molecular weight excluding hydrogens is 442 g/mol. The van der Waals surface area contributed by atoms with Gasteiger partial charge in [0.2, 0.25) is 5.91 Å². The van der Waals surface area contributed by atoms with Crippen LogP contribution in [0, 0.1) is 6.92 Å². The molecule has 1 aliphatic rings. The zero-order chi connectivity index (χ0) is 24.0. The Hall–Kier alpha value is -3.84. The number of para-hydroxylation sites is 3. The van der Waals surface area contributed by atoms with Crippen molar-refractivity contribution < 1.29 is 19.0 Å². The third-order valence-corrected chi connectivity index (χ3v) is 6.01. The van der Waals surface area contributed by atoms with Gasteiger partial charge in [-0.05, 0) is 61.7 Å². The van der Waals surface area contributed by atoms with Gasteiger partial charge in [0.15, 0.2) is 0 Å². The van der Waals surface area contributed by atoms with E-state index in [1.807, 2.05) is 84.3 Å². The van der Waals surface area contributed by atoms with Crippen LogP contribution in [0.5, 0.6) is 11.5 Å². The quantitative estimate of drug-likeness (QED) is 0.367. The topological polar surface area (TPSA) is 74.6 Å². The molecule has 1 amide bonds. The predicted molar refractivity (Wildman–Crippen MR) is 135 cm³/mol. The Balaban J connectivity index is 1.32. The monoisotopic (exact) mass is 471 g/mol. The van der Waals surface area contributed by atoms with Gasteiger partial charge in [0.1, 0.15) is 37.1 Å². The number of ether oxygens (including phenoxy) is 3. The summed E-state index contributed by atoms with van der Waals surface area (Å²) in [5, 5.41) is 3.02. The normalized spacial score (nSPS) is 15.3. The zero-order valence-corrected chi connectivity index (χ0v) is 19.8. The average molecular weight is 472 g/mol. The van der Waals surface area contributed by atoms with Crippen molar-refractivity contribution in [3.05, 3.63) is 84.2 Å². The highest BCUT2D eigenvalue weighted by Crippen LogP contribution is 2.27. The van der Waals surface area contributed by atoms with E-state index in [0.717, 1.165) is 41.8 Å². The summed E-state index contributed by atoms with van der Waals surface area (Å²) < 4.78 is 19.5. The van der Waals surface area contributed by atoms with E-state index in [1.165, 1.54) is 0 Å². The Morgan fingerprint density at radius 2 is 1.91 bits per heavy atom. The Morgan fingerprint density at radius 3 is 2.74 bits per heavy atom. The first-order valence-corrected chi connectivity index (χ1v) is 11.9. The smallest absolute Gasteiger partial charge is 0.244 e. The molecule has 0 spiro atoms. The lowest BCUT2D eigenvalue weighted by Gasteiger charge is -2.16. The first-order valence-electron chi connectivity index (χ1n) is 11.9. The number of nitrogens with zero attached hydrogens (tertiary/aromatic N) is 2. The van der Waals surface area contributed by atoms with Crippen molar-refractivity contribution in [2.24, 2.45) is 0 Å². The van der Waals surface area contributed by atoms with Crippen molar-refractivity contribution in [3.8, 4) is 11.5 Å². The van der Waals surface area contributed by atoms with Crippen molar-refractivity contribution in [1.82, 2.24) is 9.55 Å². The lowest BCUT2D eigenvalue weighted by atomic mass is 10.2. The van der Waals surface area contributed by atoms with Crippen molar-refractivity contribution >= 4 is 22.6 Å². The summed E-state index contributed by atoms with van der Waals surface area (Å²) in [5.41, 5.74) is 3.41. The molecule has 1 aromatic heterocycles. The molecule has 1 saturated heterocycles. The molecule has 0 saturated carbocycles. The van der Waals surface area contributed by atoms with Gasteiger partial charge in [-0.25, -0.2) is 4.98 Å². The maximum atomic E-state index is 13.2. The molecule has 3 aromatic carbocycles. The van der Waals surface area contributed by atoms with Crippen LogP contribution in [0.2, 0.25) is 0 Å².